The van der Waals surface area contributed by atoms with Gasteiger partial charge in [-0.05, 0) is 72.5 Å². The van der Waals surface area contributed by atoms with Crippen molar-refractivity contribution in [2.75, 3.05) is 13.2 Å². The van der Waals surface area contributed by atoms with Crippen LogP contribution in [-0.4, -0.2) is 107 Å². The first kappa shape index (κ1) is 54.1. The van der Waals surface area contributed by atoms with Crippen LogP contribution in [-0.2, 0) is 27.2 Å². The predicted molar refractivity (Wildman–Crippen MR) is 262 cm³/mol. The summed E-state index contributed by atoms with van der Waals surface area (Å²) in [5, 5.41) is 13.8. The maximum Gasteiger partial charge on any atom is 0.330 e. The lowest BCUT2D eigenvalue weighted by Gasteiger charge is -2.44. The first-order chi connectivity index (χ1) is 28.8. The van der Waals surface area contributed by atoms with E-state index < -0.39 is 105 Å². The van der Waals surface area contributed by atoms with Crippen LogP contribution in [0.25, 0.3) is 0 Å². The third-order valence-corrected chi connectivity index (χ3v) is 33.0. The number of hydrogen-bond acceptors (Lipinski definition) is 11. The van der Waals surface area contributed by atoms with Gasteiger partial charge in [0.15, 0.2) is 52.3 Å². The molecular weight excluding hydrogens is 887 g/mol. The Kier molecular flexibility index (Phi) is 15.9. The van der Waals surface area contributed by atoms with E-state index in [0.29, 0.717) is 0 Å². The highest BCUT2D eigenvalue weighted by Crippen LogP contribution is 2.47. The van der Waals surface area contributed by atoms with Gasteiger partial charge in [0.2, 0.25) is 0 Å². The van der Waals surface area contributed by atoms with Crippen molar-refractivity contribution < 1.29 is 31.9 Å². The van der Waals surface area contributed by atoms with Gasteiger partial charge >= 0.3 is 11.4 Å². The van der Waals surface area contributed by atoms with Gasteiger partial charge in [0.25, 0.3) is 11.1 Å². The standard InChI is InChI=1S/C44H81N5O11Si4/c1-41(2,3)61(13,14)55-28-31-34(58-62(15,16)42(4,5)6)29(37(57-31)48-25-22-32(50)45-39(48)52)21-24-47(54)27-30-35(59-63(17,18)43(7,8)9)36(60-64(19,20)44(10,11)12)38(56-30)49-26-23-33(51)46-40(49)53/h22-26,29-31,34-38H,21,27-28H2,1-20H3,(H,45,50,52)(H,46,51,53). The minimum Gasteiger partial charge on any atom is -0.624 e. The number of ether oxygens (including phenoxy) is 2. The van der Waals surface area contributed by atoms with Crippen LogP contribution >= 0.6 is 0 Å². The van der Waals surface area contributed by atoms with Gasteiger partial charge in [0.05, 0.1) is 12.7 Å². The fraction of sp³-hybridized carbons (Fsp3) is 0.795. The second kappa shape index (κ2) is 18.9. The molecular formula is C44H81N5O11Si4. The highest BCUT2D eigenvalue weighted by molar-refractivity contribution is 6.75. The predicted octanol–water partition coefficient (Wildman–Crippen LogP) is 7.66. The van der Waals surface area contributed by atoms with Crippen molar-refractivity contribution in [1.82, 2.24) is 19.1 Å². The van der Waals surface area contributed by atoms with Gasteiger partial charge in [0.1, 0.15) is 30.6 Å². The molecule has 64 heavy (non-hydrogen) atoms. The molecule has 364 valence electrons. The van der Waals surface area contributed by atoms with Crippen LogP contribution in [0.15, 0.2) is 43.7 Å². The molecule has 8 atom stereocenters. The molecule has 0 aromatic carbocycles. The Balaban J connectivity index is 1.84. The van der Waals surface area contributed by atoms with Crippen LogP contribution in [0.5, 0.6) is 0 Å². The largest absolute Gasteiger partial charge is 0.624 e. The SMILES string of the molecule is CC(C)(C)[Si](C)(C)OCC1OC(n2ccc(=O)[nH]c2=O)C(CC=[N+]([O-])CC2OC(n3ccc(=O)[nH]c3=O)C(O[Si](C)(C)C(C)(C)C)C2O[Si](C)(C)C(C)(C)C)C1O[Si](C)(C)C(C)(C)C. The van der Waals surface area contributed by atoms with Crippen LogP contribution in [0, 0.1) is 11.1 Å². The minimum absolute atomic E-state index is 0.0827. The van der Waals surface area contributed by atoms with Crippen LogP contribution < -0.4 is 22.5 Å². The summed E-state index contributed by atoms with van der Waals surface area (Å²) in [7, 11) is -9.94. The smallest absolute Gasteiger partial charge is 0.330 e. The Morgan fingerprint density at radius 1 is 0.609 bits per heavy atom. The number of hydrogen-bond donors (Lipinski definition) is 2. The first-order valence-electron chi connectivity index (χ1n) is 22.7. The highest BCUT2D eigenvalue weighted by Gasteiger charge is 2.56. The Hall–Kier alpha value is -2.54. The monoisotopic (exact) mass is 968 g/mol. The van der Waals surface area contributed by atoms with E-state index in [0.717, 1.165) is 4.74 Å². The van der Waals surface area contributed by atoms with Crippen molar-refractivity contribution >= 4 is 39.5 Å². The van der Waals surface area contributed by atoms with Crippen LogP contribution in [0.2, 0.25) is 72.5 Å². The Bertz CT molecular complexity index is 2210. The number of aromatic nitrogens is 4. The summed E-state index contributed by atoms with van der Waals surface area (Å²) in [5.41, 5.74) is -2.39. The molecule has 0 aliphatic carbocycles. The molecule has 0 saturated carbocycles. The summed E-state index contributed by atoms with van der Waals surface area (Å²) in [6.07, 6.45) is -1.08. The summed E-state index contributed by atoms with van der Waals surface area (Å²) in [4.78, 5) is 56.1. The molecule has 16 nitrogen and oxygen atoms in total. The topological polar surface area (TPSA) is 191 Å². The van der Waals surface area contributed by atoms with Crippen molar-refractivity contribution in [1.29, 1.82) is 0 Å². The normalized spacial score (nSPS) is 25.9. The average Bonchev–Trinajstić information content (AvgIpc) is 3.59. The summed E-state index contributed by atoms with van der Waals surface area (Å²) in [6, 6.07) is 2.54. The zero-order valence-electron chi connectivity index (χ0n) is 42.5. The summed E-state index contributed by atoms with van der Waals surface area (Å²) >= 11 is 0. The third kappa shape index (κ3) is 12.1. The summed E-state index contributed by atoms with van der Waals surface area (Å²) < 4.78 is 45.3. The van der Waals surface area contributed by atoms with Crippen LogP contribution in [0.1, 0.15) is 102 Å². The van der Waals surface area contributed by atoms with Gasteiger partial charge in [-0.2, -0.15) is 0 Å². The van der Waals surface area contributed by atoms with Crippen molar-refractivity contribution in [3.05, 3.63) is 71.4 Å². The van der Waals surface area contributed by atoms with E-state index in [4.69, 9.17) is 27.2 Å². The Morgan fingerprint density at radius 3 is 1.42 bits per heavy atom. The van der Waals surface area contributed by atoms with Crippen molar-refractivity contribution in [2.45, 2.75) is 205 Å². The fourth-order valence-corrected chi connectivity index (χ4v) is 11.7. The van der Waals surface area contributed by atoms with E-state index in [-0.39, 0.29) is 39.7 Å². The van der Waals surface area contributed by atoms with Gasteiger partial charge in [-0.1, -0.05) is 83.1 Å². The van der Waals surface area contributed by atoms with Gasteiger partial charge in [-0.3, -0.25) is 28.7 Å². The number of rotatable bonds is 15. The molecule has 0 bridgehead atoms. The van der Waals surface area contributed by atoms with Gasteiger partial charge in [-0.25, -0.2) is 14.3 Å². The summed E-state index contributed by atoms with van der Waals surface area (Å²) in [6.45, 7) is 42.9. The van der Waals surface area contributed by atoms with Crippen LogP contribution in [0.4, 0.5) is 0 Å². The minimum atomic E-state index is -2.58. The van der Waals surface area contributed by atoms with Gasteiger partial charge in [-0.15, -0.1) is 0 Å². The van der Waals surface area contributed by atoms with Gasteiger partial charge in [0, 0.05) is 36.9 Å². The molecule has 2 fully saturated rings. The van der Waals surface area contributed by atoms with Crippen LogP contribution in [0.3, 0.4) is 0 Å². The second-order valence-electron chi connectivity index (χ2n) is 23.9. The first-order valence-corrected chi connectivity index (χ1v) is 34.3. The molecule has 2 N–H and O–H groups in total. The molecule has 4 rings (SSSR count). The fourth-order valence-electron chi connectivity index (χ4n) is 6.77. The van der Waals surface area contributed by atoms with Gasteiger partial charge < -0.3 is 32.4 Å². The number of nitrogens with zero attached hydrogens (tertiary/aromatic N) is 3. The third-order valence-electron chi connectivity index (χ3n) is 15.1. The summed E-state index contributed by atoms with van der Waals surface area (Å²) in [5.74, 6) is -0.562. The zero-order valence-corrected chi connectivity index (χ0v) is 46.5. The number of H-pyrrole nitrogens is 2. The molecule has 2 aliphatic heterocycles. The molecule has 2 aliphatic rings. The van der Waals surface area contributed by atoms with Crippen molar-refractivity contribution in [3.8, 4) is 0 Å². The lowest BCUT2D eigenvalue weighted by molar-refractivity contribution is -0.468. The second-order valence-corrected chi connectivity index (χ2v) is 43.0. The number of aromatic amines is 2. The van der Waals surface area contributed by atoms with E-state index in [1.807, 2.05) is 0 Å². The molecule has 0 radical (unpaired) electrons. The Labute approximate surface area is 384 Å². The highest BCUT2D eigenvalue weighted by atomic mass is 28.4. The molecule has 2 aromatic heterocycles. The molecule has 4 heterocycles. The van der Waals surface area contributed by atoms with Crippen molar-refractivity contribution in [2.24, 2.45) is 5.92 Å². The maximum absolute atomic E-state index is 14.5. The van der Waals surface area contributed by atoms with E-state index in [2.05, 4.69) is 145 Å². The maximum atomic E-state index is 14.5. The lowest BCUT2D eigenvalue weighted by atomic mass is 9.96. The molecule has 0 spiro atoms. The number of hydroxylamine groups is 1. The van der Waals surface area contributed by atoms with Crippen molar-refractivity contribution in [3.63, 3.8) is 0 Å². The molecule has 2 aromatic rings. The molecule has 20 heteroatoms. The lowest BCUT2D eigenvalue weighted by Crippen LogP contribution is -2.54. The molecule has 2 saturated heterocycles. The molecule has 0 amide bonds. The van der Waals surface area contributed by atoms with E-state index in [9.17, 15) is 24.4 Å². The van der Waals surface area contributed by atoms with E-state index in [1.165, 1.54) is 39.9 Å². The van der Waals surface area contributed by atoms with E-state index >= 15 is 0 Å². The number of nitrogens with one attached hydrogen (secondary N) is 2. The zero-order chi connectivity index (χ0) is 49.0. The Morgan fingerprint density at radius 2 is 1.00 bits per heavy atom. The van der Waals surface area contributed by atoms with E-state index in [1.54, 1.807) is 0 Å². The quantitative estimate of drug-likeness (QED) is 0.0586. The average molecular weight is 968 g/mol. The molecule has 8 unspecified atom stereocenters.